The van der Waals surface area contributed by atoms with Gasteiger partial charge in [0.2, 0.25) is 11.8 Å². The van der Waals surface area contributed by atoms with Crippen LogP contribution in [0.5, 0.6) is 0 Å². The Balaban J connectivity index is 1.61. The molecule has 2 amide bonds. The van der Waals surface area contributed by atoms with Gasteiger partial charge in [0.05, 0.1) is 12.0 Å². The monoisotopic (exact) mass is 474 g/mol. The van der Waals surface area contributed by atoms with Gasteiger partial charge in [-0.15, -0.1) is 0 Å². The number of halogens is 4. The molecule has 2 fully saturated rings. The molecule has 160 valence electrons. The average Bonchev–Trinajstić information content (AvgIpc) is 3.07. The molecular weight excluding hydrogens is 449 g/mol. The quantitative estimate of drug-likeness (QED) is 0.657. The van der Waals surface area contributed by atoms with Crippen LogP contribution >= 0.6 is 15.9 Å². The smallest absolute Gasteiger partial charge is 0.354 e. The van der Waals surface area contributed by atoms with Gasteiger partial charge in [0.25, 0.3) is 0 Å². The summed E-state index contributed by atoms with van der Waals surface area (Å²) < 4.78 is 40.3. The Hall–Kier alpha value is -1.57. The fourth-order valence-corrected chi connectivity index (χ4v) is 4.50. The second-order valence-corrected chi connectivity index (χ2v) is 9.00. The molecule has 1 saturated carbocycles. The lowest BCUT2D eigenvalue weighted by Gasteiger charge is -2.31. The number of alkyl halides is 3. The molecule has 1 N–H and O–H groups in total. The maximum Gasteiger partial charge on any atom is 0.416 e. The van der Waals surface area contributed by atoms with Crippen molar-refractivity contribution in [2.45, 2.75) is 57.7 Å². The number of hydrogen-bond acceptors (Lipinski definition) is 2. The Morgan fingerprint density at radius 3 is 2.59 bits per heavy atom. The Bertz CT molecular complexity index is 765. The molecular formula is C21H26BrF3N2O2. The number of nitrogens with one attached hydrogen (secondary N) is 1. The summed E-state index contributed by atoms with van der Waals surface area (Å²) in [6.07, 6.45) is 0.0472. The van der Waals surface area contributed by atoms with Crippen molar-refractivity contribution in [3.63, 3.8) is 0 Å². The predicted molar refractivity (Wildman–Crippen MR) is 107 cm³/mol. The SMILES string of the molecule is CC(C(=O)NC[C@H]1CCCN1C(=O)Cc1ccc(Br)cc1C(F)(F)F)C1CCC1. The highest BCUT2D eigenvalue weighted by Gasteiger charge is 2.36. The van der Waals surface area contributed by atoms with E-state index in [9.17, 15) is 22.8 Å². The summed E-state index contributed by atoms with van der Waals surface area (Å²) in [6, 6.07) is 3.70. The van der Waals surface area contributed by atoms with Crippen molar-refractivity contribution in [1.29, 1.82) is 0 Å². The van der Waals surface area contributed by atoms with Crippen LogP contribution < -0.4 is 5.32 Å². The van der Waals surface area contributed by atoms with Crippen LogP contribution in [0.25, 0.3) is 0 Å². The van der Waals surface area contributed by atoms with Crippen LogP contribution in [-0.4, -0.2) is 35.8 Å². The first kappa shape index (κ1) is 22.1. The van der Waals surface area contributed by atoms with E-state index in [-0.39, 0.29) is 35.8 Å². The molecule has 1 aliphatic heterocycles. The molecule has 1 unspecified atom stereocenters. The van der Waals surface area contributed by atoms with Gasteiger partial charge < -0.3 is 10.2 Å². The summed E-state index contributed by atoms with van der Waals surface area (Å²) in [5, 5.41) is 2.95. The number of likely N-dealkylation sites (tertiary alicyclic amines) is 1. The van der Waals surface area contributed by atoms with E-state index in [1.807, 2.05) is 6.92 Å². The van der Waals surface area contributed by atoms with Gasteiger partial charge >= 0.3 is 6.18 Å². The van der Waals surface area contributed by atoms with E-state index in [0.717, 1.165) is 31.7 Å². The van der Waals surface area contributed by atoms with Crippen LogP contribution in [0.1, 0.15) is 50.2 Å². The molecule has 0 bridgehead atoms. The van der Waals surface area contributed by atoms with Gasteiger partial charge in [0.15, 0.2) is 0 Å². The molecule has 1 aliphatic carbocycles. The zero-order valence-electron chi connectivity index (χ0n) is 16.4. The number of benzene rings is 1. The van der Waals surface area contributed by atoms with Crippen LogP contribution in [0.2, 0.25) is 0 Å². The molecule has 2 atom stereocenters. The lowest BCUT2D eigenvalue weighted by atomic mass is 9.76. The number of carbonyl (C=O) groups excluding carboxylic acids is 2. The summed E-state index contributed by atoms with van der Waals surface area (Å²) in [4.78, 5) is 26.7. The lowest BCUT2D eigenvalue weighted by molar-refractivity contribution is -0.139. The molecule has 1 heterocycles. The molecule has 0 radical (unpaired) electrons. The van der Waals surface area contributed by atoms with Crippen LogP contribution in [0.3, 0.4) is 0 Å². The topological polar surface area (TPSA) is 49.4 Å². The standard InChI is InChI=1S/C21H26BrF3N2O2/c1-13(14-4-2-5-14)20(29)26-12-17-6-3-9-27(17)19(28)10-15-7-8-16(22)11-18(15)21(23,24)25/h7-8,11,13-14,17H,2-6,9-10,12H2,1H3,(H,26,29)/t13?,17-/m1/s1. The zero-order valence-corrected chi connectivity index (χ0v) is 18.0. The molecule has 1 saturated heterocycles. The number of rotatable bonds is 6. The van der Waals surface area contributed by atoms with Crippen molar-refractivity contribution < 1.29 is 22.8 Å². The number of amides is 2. The summed E-state index contributed by atoms with van der Waals surface area (Å²) in [5.74, 6) is 0.0730. The molecule has 1 aromatic carbocycles. The Kier molecular flexibility index (Phi) is 6.91. The molecule has 3 rings (SSSR count). The largest absolute Gasteiger partial charge is 0.416 e. The third-order valence-corrected chi connectivity index (χ3v) is 6.69. The maximum atomic E-state index is 13.3. The molecule has 2 aliphatic rings. The zero-order chi connectivity index (χ0) is 21.2. The lowest BCUT2D eigenvalue weighted by Crippen LogP contribution is -2.45. The minimum atomic E-state index is -4.52. The summed E-state index contributed by atoms with van der Waals surface area (Å²) >= 11 is 3.06. The van der Waals surface area contributed by atoms with Crippen molar-refractivity contribution in [3.8, 4) is 0 Å². The van der Waals surface area contributed by atoms with Crippen LogP contribution in [0.15, 0.2) is 22.7 Å². The molecule has 0 spiro atoms. The first-order chi connectivity index (χ1) is 13.7. The van der Waals surface area contributed by atoms with Gasteiger partial charge in [-0.3, -0.25) is 9.59 Å². The van der Waals surface area contributed by atoms with Crippen LogP contribution in [0, 0.1) is 11.8 Å². The highest BCUT2D eigenvalue weighted by Crippen LogP contribution is 2.35. The number of nitrogens with zero attached hydrogens (tertiary/aromatic N) is 1. The van der Waals surface area contributed by atoms with Gasteiger partial charge in [-0.2, -0.15) is 13.2 Å². The van der Waals surface area contributed by atoms with Crippen LogP contribution in [0.4, 0.5) is 13.2 Å². The predicted octanol–water partition coefficient (Wildman–Crippen LogP) is 4.55. The van der Waals surface area contributed by atoms with E-state index in [1.165, 1.54) is 18.6 Å². The second-order valence-electron chi connectivity index (χ2n) is 8.08. The van der Waals surface area contributed by atoms with Gasteiger partial charge in [-0.25, -0.2) is 0 Å². The number of hydrogen-bond donors (Lipinski definition) is 1. The Labute approximate surface area is 177 Å². The number of carbonyl (C=O) groups is 2. The van der Waals surface area contributed by atoms with Crippen molar-refractivity contribution >= 4 is 27.7 Å². The van der Waals surface area contributed by atoms with Crippen molar-refractivity contribution in [3.05, 3.63) is 33.8 Å². The van der Waals surface area contributed by atoms with Crippen LogP contribution in [-0.2, 0) is 22.2 Å². The minimum Gasteiger partial charge on any atom is -0.354 e. The minimum absolute atomic E-state index is 0.00117. The summed E-state index contributed by atoms with van der Waals surface area (Å²) in [5.41, 5.74) is -0.822. The normalized spacial score (nSPS) is 21.0. The highest BCUT2D eigenvalue weighted by atomic mass is 79.9. The van der Waals surface area contributed by atoms with E-state index in [0.29, 0.717) is 23.5 Å². The third-order valence-electron chi connectivity index (χ3n) is 6.20. The Morgan fingerprint density at radius 1 is 1.24 bits per heavy atom. The second kappa shape index (κ2) is 9.06. The first-order valence-electron chi connectivity index (χ1n) is 10.1. The fourth-order valence-electron chi connectivity index (χ4n) is 4.14. The average molecular weight is 475 g/mol. The van der Waals surface area contributed by atoms with Gasteiger partial charge in [0.1, 0.15) is 0 Å². The first-order valence-corrected chi connectivity index (χ1v) is 10.9. The van der Waals surface area contributed by atoms with E-state index in [2.05, 4.69) is 21.2 Å². The van der Waals surface area contributed by atoms with E-state index >= 15 is 0 Å². The fraction of sp³-hybridized carbons (Fsp3) is 0.619. The molecule has 0 aromatic heterocycles. The molecule has 1 aromatic rings. The summed E-state index contributed by atoms with van der Waals surface area (Å²) in [6.45, 7) is 2.80. The van der Waals surface area contributed by atoms with Crippen molar-refractivity contribution in [1.82, 2.24) is 10.2 Å². The maximum absolute atomic E-state index is 13.3. The molecule has 8 heteroatoms. The van der Waals surface area contributed by atoms with Gasteiger partial charge in [-0.1, -0.05) is 35.3 Å². The molecule has 29 heavy (non-hydrogen) atoms. The van der Waals surface area contributed by atoms with Gasteiger partial charge in [-0.05, 0) is 49.3 Å². The van der Waals surface area contributed by atoms with Crippen molar-refractivity contribution in [2.24, 2.45) is 11.8 Å². The van der Waals surface area contributed by atoms with E-state index < -0.39 is 11.7 Å². The van der Waals surface area contributed by atoms with Gasteiger partial charge in [0, 0.05) is 29.5 Å². The van der Waals surface area contributed by atoms with Crippen molar-refractivity contribution in [2.75, 3.05) is 13.1 Å². The summed E-state index contributed by atoms with van der Waals surface area (Å²) in [7, 11) is 0. The molecule has 4 nitrogen and oxygen atoms in total. The third kappa shape index (κ3) is 5.32. The van der Waals surface area contributed by atoms with E-state index in [1.54, 1.807) is 4.90 Å². The highest BCUT2D eigenvalue weighted by molar-refractivity contribution is 9.10. The van der Waals surface area contributed by atoms with E-state index in [4.69, 9.17) is 0 Å². The Morgan fingerprint density at radius 2 is 1.97 bits per heavy atom.